The molecule has 4 rings (SSSR count). The lowest BCUT2D eigenvalue weighted by molar-refractivity contribution is 0.479. The van der Waals surface area contributed by atoms with Gasteiger partial charge in [-0.3, -0.25) is 0 Å². The molecule has 6 heteroatoms. The van der Waals surface area contributed by atoms with Gasteiger partial charge in [-0.1, -0.05) is 48.0 Å². The van der Waals surface area contributed by atoms with Gasteiger partial charge >= 0.3 is 0 Å². The van der Waals surface area contributed by atoms with E-state index in [9.17, 15) is 5.26 Å². The Bertz CT molecular complexity index is 1200. The van der Waals surface area contributed by atoms with E-state index in [0.29, 0.717) is 29.1 Å². The first kappa shape index (κ1) is 19.6. The zero-order chi connectivity index (χ0) is 20.9. The molecule has 3 aromatic carbocycles. The maximum atomic E-state index is 9.36. The Kier molecular flexibility index (Phi) is 5.69. The molecule has 0 bridgehead atoms. The highest BCUT2D eigenvalue weighted by Crippen LogP contribution is 2.30. The summed E-state index contributed by atoms with van der Waals surface area (Å²) >= 11 is 6.15. The van der Waals surface area contributed by atoms with Crippen LogP contribution >= 0.6 is 11.6 Å². The lowest BCUT2D eigenvalue weighted by atomic mass is 10.2. The molecule has 0 aliphatic heterocycles. The first-order valence-corrected chi connectivity index (χ1v) is 9.74. The van der Waals surface area contributed by atoms with Gasteiger partial charge in [0.05, 0.1) is 0 Å². The highest BCUT2D eigenvalue weighted by Gasteiger charge is 2.14. The van der Waals surface area contributed by atoms with Crippen molar-refractivity contribution in [2.45, 2.75) is 13.5 Å². The van der Waals surface area contributed by atoms with E-state index < -0.39 is 0 Å². The van der Waals surface area contributed by atoms with Crippen LogP contribution in [0.1, 0.15) is 16.8 Å². The van der Waals surface area contributed by atoms with Crippen molar-refractivity contribution in [2.24, 2.45) is 0 Å². The van der Waals surface area contributed by atoms with E-state index in [1.165, 1.54) is 0 Å². The summed E-state index contributed by atoms with van der Waals surface area (Å²) in [6.07, 6.45) is 0. The fourth-order valence-electron chi connectivity index (χ4n) is 2.90. The molecule has 0 saturated carbocycles. The van der Waals surface area contributed by atoms with Crippen LogP contribution in [0.2, 0.25) is 5.02 Å². The SMILES string of the molecule is Cc1c(Cl)cccc1Oc1ccc(CNc2oc(-c3ccccc3)nc2C#N)cc1. The molecular weight excluding hydrogens is 398 g/mol. The van der Waals surface area contributed by atoms with Gasteiger partial charge in [0.1, 0.15) is 17.6 Å². The molecule has 1 aromatic heterocycles. The van der Waals surface area contributed by atoms with E-state index in [-0.39, 0.29) is 5.69 Å². The monoisotopic (exact) mass is 415 g/mol. The molecule has 1 N–H and O–H groups in total. The smallest absolute Gasteiger partial charge is 0.232 e. The lowest BCUT2D eigenvalue weighted by Gasteiger charge is -2.10. The molecule has 4 aromatic rings. The van der Waals surface area contributed by atoms with Crippen LogP contribution in [0.4, 0.5) is 5.88 Å². The average Bonchev–Trinajstić information content (AvgIpc) is 3.20. The largest absolute Gasteiger partial charge is 0.457 e. The third kappa shape index (κ3) is 4.29. The normalized spacial score (nSPS) is 10.4. The number of nitrogens with zero attached hydrogens (tertiary/aromatic N) is 2. The van der Waals surface area contributed by atoms with Crippen LogP contribution in [0.3, 0.4) is 0 Å². The van der Waals surface area contributed by atoms with Crippen LogP contribution in [-0.4, -0.2) is 4.98 Å². The highest BCUT2D eigenvalue weighted by molar-refractivity contribution is 6.31. The summed E-state index contributed by atoms with van der Waals surface area (Å²) in [4.78, 5) is 4.27. The number of anilines is 1. The van der Waals surface area contributed by atoms with Crippen molar-refractivity contribution < 1.29 is 9.15 Å². The van der Waals surface area contributed by atoms with Crippen molar-refractivity contribution in [3.8, 4) is 29.0 Å². The number of benzene rings is 3. The van der Waals surface area contributed by atoms with Crippen LogP contribution in [0.5, 0.6) is 11.5 Å². The van der Waals surface area contributed by atoms with Gasteiger partial charge in [-0.2, -0.15) is 10.2 Å². The first-order chi connectivity index (χ1) is 14.6. The summed E-state index contributed by atoms with van der Waals surface area (Å²) in [5.74, 6) is 2.21. The Morgan fingerprint density at radius 3 is 2.53 bits per heavy atom. The van der Waals surface area contributed by atoms with Gasteiger partial charge in [0.2, 0.25) is 17.5 Å². The summed E-state index contributed by atoms with van der Waals surface area (Å²) in [6, 6.07) is 24.8. The minimum atomic E-state index is 0.227. The van der Waals surface area contributed by atoms with Crippen molar-refractivity contribution in [3.63, 3.8) is 0 Å². The molecule has 0 fully saturated rings. The second kappa shape index (κ2) is 8.73. The quantitative estimate of drug-likeness (QED) is 0.385. The van der Waals surface area contributed by atoms with Gasteiger partial charge in [-0.25, -0.2) is 0 Å². The summed E-state index contributed by atoms with van der Waals surface area (Å²) in [7, 11) is 0. The molecule has 0 spiro atoms. The minimum Gasteiger partial charge on any atom is -0.457 e. The van der Waals surface area contributed by atoms with Gasteiger partial charge in [-0.15, -0.1) is 0 Å². The van der Waals surface area contributed by atoms with E-state index in [4.69, 9.17) is 20.8 Å². The molecule has 0 aliphatic carbocycles. The van der Waals surface area contributed by atoms with Crippen molar-refractivity contribution in [3.05, 3.63) is 94.6 Å². The number of hydrogen-bond acceptors (Lipinski definition) is 5. The second-order valence-corrected chi connectivity index (χ2v) is 7.04. The molecule has 0 aliphatic rings. The topological polar surface area (TPSA) is 71.1 Å². The average molecular weight is 416 g/mol. The Labute approximate surface area is 179 Å². The molecular formula is C24H18ClN3O2. The van der Waals surface area contributed by atoms with Crippen LogP contribution in [-0.2, 0) is 6.54 Å². The summed E-state index contributed by atoms with van der Waals surface area (Å²) in [5.41, 5.74) is 2.95. The predicted molar refractivity (Wildman–Crippen MR) is 117 cm³/mol. The molecule has 0 radical (unpaired) electrons. The van der Waals surface area contributed by atoms with E-state index in [1.54, 1.807) is 0 Å². The first-order valence-electron chi connectivity index (χ1n) is 9.36. The minimum absolute atomic E-state index is 0.227. The third-order valence-corrected chi connectivity index (χ3v) is 4.99. The van der Waals surface area contributed by atoms with Gasteiger partial charge in [0, 0.05) is 22.7 Å². The fourth-order valence-corrected chi connectivity index (χ4v) is 3.07. The Hall–Kier alpha value is -3.75. The molecule has 148 valence electrons. The molecule has 5 nitrogen and oxygen atoms in total. The molecule has 1 heterocycles. The number of nitrogens with one attached hydrogen (secondary N) is 1. The van der Waals surface area contributed by atoms with Crippen LogP contribution in [0.15, 0.2) is 77.2 Å². The van der Waals surface area contributed by atoms with E-state index in [1.807, 2.05) is 79.7 Å². The predicted octanol–water partition coefficient (Wildman–Crippen LogP) is 6.58. The van der Waals surface area contributed by atoms with Crippen molar-refractivity contribution in [1.29, 1.82) is 5.26 Å². The van der Waals surface area contributed by atoms with E-state index in [0.717, 1.165) is 22.4 Å². The summed E-state index contributed by atoms with van der Waals surface area (Å²) < 4.78 is 11.7. The van der Waals surface area contributed by atoms with E-state index in [2.05, 4.69) is 16.4 Å². The second-order valence-electron chi connectivity index (χ2n) is 6.64. The third-order valence-electron chi connectivity index (χ3n) is 4.58. The number of oxazole rings is 1. The van der Waals surface area contributed by atoms with Crippen LogP contribution in [0, 0.1) is 18.3 Å². The highest BCUT2D eigenvalue weighted by atomic mass is 35.5. The Balaban J connectivity index is 1.44. The summed E-state index contributed by atoms with van der Waals surface area (Å²) in [5, 5.41) is 13.2. The number of halogens is 1. The van der Waals surface area contributed by atoms with Gasteiger partial charge in [0.25, 0.3) is 0 Å². The summed E-state index contributed by atoms with van der Waals surface area (Å²) in [6.45, 7) is 2.40. The zero-order valence-electron chi connectivity index (χ0n) is 16.2. The number of aromatic nitrogens is 1. The van der Waals surface area contributed by atoms with Crippen molar-refractivity contribution in [1.82, 2.24) is 4.98 Å². The van der Waals surface area contributed by atoms with Crippen molar-refractivity contribution >= 4 is 17.5 Å². The standard InChI is InChI=1S/C24H18ClN3O2/c1-16-20(25)8-5-9-22(16)29-19-12-10-17(11-13-19)15-27-24-21(14-26)28-23(30-24)18-6-3-2-4-7-18/h2-13,27H,15H2,1H3. The molecule has 0 amide bonds. The Morgan fingerprint density at radius 2 is 1.80 bits per heavy atom. The number of hydrogen-bond donors (Lipinski definition) is 1. The van der Waals surface area contributed by atoms with Crippen molar-refractivity contribution in [2.75, 3.05) is 5.32 Å². The molecule has 0 unspecified atom stereocenters. The zero-order valence-corrected chi connectivity index (χ0v) is 17.0. The lowest BCUT2D eigenvalue weighted by Crippen LogP contribution is -2.00. The van der Waals surface area contributed by atoms with Crippen LogP contribution < -0.4 is 10.1 Å². The van der Waals surface area contributed by atoms with E-state index >= 15 is 0 Å². The number of ether oxygens (including phenoxy) is 1. The van der Waals surface area contributed by atoms with Crippen LogP contribution in [0.25, 0.3) is 11.5 Å². The Morgan fingerprint density at radius 1 is 1.03 bits per heavy atom. The molecule has 0 saturated heterocycles. The molecule has 30 heavy (non-hydrogen) atoms. The number of nitriles is 1. The van der Waals surface area contributed by atoms with Gasteiger partial charge < -0.3 is 14.5 Å². The number of rotatable bonds is 6. The molecule has 0 atom stereocenters. The van der Waals surface area contributed by atoms with Gasteiger partial charge in [-0.05, 0) is 48.9 Å². The maximum absolute atomic E-state index is 9.36. The maximum Gasteiger partial charge on any atom is 0.232 e. The fraction of sp³-hybridized carbons (Fsp3) is 0.0833. The van der Waals surface area contributed by atoms with Gasteiger partial charge in [0.15, 0.2) is 0 Å².